The number of hydrogen-bond acceptors (Lipinski definition) is 4. The first kappa shape index (κ1) is 19.8. The SMILES string of the molecule is C/C=C/c1ccc(OCC(=O)Nc2ccc(N3CCCCC3)cc2)c(OC)c1. The first-order valence-corrected chi connectivity index (χ1v) is 9.78. The largest absolute Gasteiger partial charge is 0.493 e. The van der Waals surface area contributed by atoms with Gasteiger partial charge in [0, 0.05) is 24.5 Å². The van der Waals surface area contributed by atoms with Gasteiger partial charge >= 0.3 is 0 Å². The van der Waals surface area contributed by atoms with E-state index >= 15 is 0 Å². The van der Waals surface area contributed by atoms with Gasteiger partial charge in [-0.1, -0.05) is 18.2 Å². The van der Waals surface area contributed by atoms with Gasteiger partial charge in [0.1, 0.15) is 0 Å². The van der Waals surface area contributed by atoms with Gasteiger partial charge in [-0.25, -0.2) is 0 Å². The summed E-state index contributed by atoms with van der Waals surface area (Å²) in [5.41, 5.74) is 3.00. The number of methoxy groups -OCH3 is 1. The number of nitrogens with one attached hydrogen (secondary N) is 1. The second kappa shape index (κ2) is 9.83. The Bertz CT molecular complexity index is 809. The van der Waals surface area contributed by atoms with Crippen molar-refractivity contribution in [1.82, 2.24) is 0 Å². The predicted octanol–water partition coefficient (Wildman–Crippen LogP) is 4.74. The van der Waals surface area contributed by atoms with Crippen molar-refractivity contribution in [2.45, 2.75) is 26.2 Å². The van der Waals surface area contributed by atoms with Crippen molar-refractivity contribution in [2.75, 3.05) is 37.0 Å². The average Bonchev–Trinajstić information content (AvgIpc) is 2.74. The lowest BCUT2D eigenvalue weighted by Gasteiger charge is -2.28. The summed E-state index contributed by atoms with van der Waals surface area (Å²) in [5, 5.41) is 2.88. The van der Waals surface area contributed by atoms with Crippen molar-refractivity contribution in [3.05, 3.63) is 54.1 Å². The Hall–Kier alpha value is -2.95. The highest BCUT2D eigenvalue weighted by Crippen LogP contribution is 2.28. The second-order valence-corrected chi connectivity index (χ2v) is 6.84. The van der Waals surface area contributed by atoms with E-state index in [1.165, 1.54) is 24.9 Å². The zero-order chi connectivity index (χ0) is 19.8. The lowest BCUT2D eigenvalue weighted by atomic mass is 10.1. The van der Waals surface area contributed by atoms with Crippen molar-refractivity contribution in [1.29, 1.82) is 0 Å². The lowest BCUT2D eigenvalue weighted by Crippen LogP contribution is -2.29. The molecule has 0 spiro atoms. The molecular weight excluding hydrogens is 352 g/mol. The number of hydrogen-bond donors (Lipinski definition) is 1. The van der Waals surface area contributed by atoms with Crippen LogP contribution in [-0.2, 0) is 4.79 Å². The highest BCUT2D eigenvalue weighted by atomic mass is 16.5. The fourth-order valence-electron chi connectivity index (χ4n) is 3.35. The standard InChI is InChI=1S/C23H28N2O3/c1-3-7-18-8-13-21(22(16-18)27-2)28-17-23(26)24-19-9-11-20(12-10-19)25-14-5-4-6-15-25/h3,7-13,16H,4-6,14-15,17H2,1-2H3,(H,24,26)/b7-3+. The molecular formula is C23H28N2O3. The molecule has 1 fully saturated rings. The van der Waals surface area contributed by atoms with E-state index in [1.807, 2.05) is 49.4 Å². The Labute approximate surface area is 167 Å². The van der Waals surface area contributed by atoms with Crippen LogP contribution in [0.25, 0.3) is 6.08 Å². The van der Waals surface area contributed by atoms with Gasteiger partial charge in [0.2, 0.25) is 0 Å². The zero-order valence-electron chi connectivity index (χ0n) is 16.6. The molecule has 2 aromatic carbocycles. The molecule has 1 aliphatic rings. The predicted molar refractivity (Wildman–Crippen MR) is 114 cm³/mol. The van der Waals surface area contributed by atoms with Crippen LogP contribution in [-0.4, -0.2) is 32.7 Å². The third-order valence-corrected chi connectivity index (χ3v) is 4.78. The maximum absolute atomic E-state index is 12.2. The Morgan fingerprint density at radius 1 is 1.07 bits per heavy atom. The molecule has 1 amide bonds. The van der Waals surface area contributed by atoms with Crippen LogP contribution in [0.15, 0.2) is 48.5 Å². The van der Waals surface area contributed by atoms with Crippen LogP contribution >= 0.6 is 0 Å². The normalized spacial score (nSPS) is 14.1. The van der Waals surface area contributed by atoms with E-state index in [4.69, 9.17) is 9.47 Å². The number of allylic oxidation sites excluding steroid dienone is 1. The van der Waals surface area contributed by atoms with Gasteiger partial charge < -0.3 is 19.7 Å². The van der Waals surface area contributed by atoms with Gasteiger partial charge in [0.05, 0.1) is 7.11 Å². The van der Waals surface area contributed by atoms with Crippen molar-refractivity contribution in [3.8, 4) is 11.5 Å². The van der Waals surface area contributed by atoms with Gasteiger partial charge in [-0.15, -0.1) is 0 Å². The Morgan fingerprint density at radius 2 is 1.82 bits per heavy atom. The van der Waals surface area contributed by atoms with Crippen LogP contribution in [0, 0.1) is 0 Å². The summed E-state index contributed by atoms with van der Waals surface area (Å²) >= 11 is 0. The third kappa shape index (κ3) is 5.28. The molecule has 1 N–H and O–H groups in total. The summed E-state index contributed by atoms with van der Waals surface area (Å²) < 4.78 is 11.0. The number of rotatable bonds is 7. The fourth-order valence-corrected chi connectivity index (χ4v) is 3.35. The minimum atomic E-state index is -0.203. The monoisotopic (exact) mass is 380 g/mol. The second-order valence-electron chi connectivity index (χ2n) is 6.84. The number of piperidine rings is 1. The topological polar surface area (TPSA) is 50.8 Å². The minimum absolute atomic E-state index is 0.0762. The third-order valence-electron chi connectivity index (χ3n) is 4.78. The molecule has 2 aromatic rings. The summed E-state index contributed by atoms with van der Waals surface area (Å²) in [6.07, 6.45) is 7.74. The van der Waals surface area contributed by atoms with E-state index in [9.17, 15) is 4.79 Å². The van der Waals surface area contributed by atoms with E-state index in [0.29, 0.717) is 11.5 Å². The van der Waals surface area contributed by atoms with Gasteiger partial charge in [0.25, 0.3) is 5.91 Å². The fraction of sp³-hybridized carbons (Fsp3) is 0.348. The van der Waals surface area contributed by atoms with Crippen LogP contribution in [0.4, 0.5) is 11.4 Å². The maximum atomic E-state index is 12.2. The molecule has 0 atom stereocenters. The molecule has 28 heavy (non-hydrogen) atoms. The molecule has 1 saturated heterocycles. The van der Waals surface area contributed by atoms with Crippen LogP contribution in [0.3, 0.4) is 0 Å². The number of carbonyl (C=O) groups excluding carboxylic acids is 1. The van der Waals surface area contributed by atoms with E-state index < -0.39 is 0 Å². The molecule has 0 aliphatic carbocycles. The Kier molecular flexibility index (Phi) is 6.95. The zero-order valence-corrected chi connectivity index (χ0v) is 16.6. The number of ether oxygens (including phenoxy) is 2. The summed E-state index contributed by atoms with van der Waals surface area (Å²) in [4.78, 5) is 14.6. The molecule has 0 aromatic heterocycles. The minimum Gasteiger partial charge on any atom is -0.493 e. The maximum Gasteiger partial charge on any atom is 0.262 e. The molecule has 0 unspecified atom stereocenters. The molecule has 1 aliphatic heterocycles. The summed E-state index contributed by atoms with van der Waals surface area (Å²) in [7, 11) is 1.59. The molecule has 3 rings (SSSR count). The molecule has 0 saturated carbocycles. The van der Waals surface area contributed by atoms with E-state index in [0.717, 1.165) is 24.3 Å². The lowest BCUT2D eigenvalue weighted by molar-refractivity contribution is -0.118. The smallest absolute Gasteiger partial charge is 0.262 e. The quantitative estimate of drug-likeness (QED) is 0.754. The molecule has 1 heterocycles. The van der Waals surface area contributed by atoms with Crippen molar-refractivity contribution < 1.29 is 14.3 Å². The van der Waals surface area contributed by atoms with Crippen molar-refractivity contribution in [2.24, 2.45) is 0 Å². The Morgan fingerprint density at radius 3 is 2.50 bits per heavy atom. The van der Waals surface area contributed by atoms with Crippen molar-refractivity contribution in [3.63, 3.8) is 0 Å². The first-order valence-electron chi connectivity index (χ1n) is 9.78. The number of benzene rings is 2. The van der Waals surface area contributed by atoms with Crippen LogP contribution in [0.1, 0.15) is 31.7 Å². The molecule has 0 bridgehead atoms. The number of anilines is 2. The van der Waals surface area contributed by atoms with E-state index in [1.54, 1.807) is 7.11 Å². The first-order chi connectivity index (χ1) is 13.7. The molecule has 0 radical (unpaired) electrons. The highest BCUT2D eigenvalue weighted by Gasteiger charge is 2.12. The summed E-state index contributed by atoms with van der Waals surface area (Å²) in [6, 6.07) is 13.6. The molecule has 148 valence electrons. The van der Waals surface area contributed by atoms with E-state index in [-0.39, 0.29) is 12.5 Å². The Balaban J connectivity index is 1.54. The number of amides is 1. The van der Waals surface area contributed by atoms with Gasteiger partial charge in [-0.3, -0.25) is 4.79 Å². The van der Waals surface area contributed by atoms with Gasteiger partial charge in [-0.2, -0.15) is 0 Å². The summed E-state index contributed by atoms with van der Waals surface area (Å²) in [6.45, 7) is 4.09. The van der Waals surface area contributed by atoms with Crippen molar-refractivity contribution >= 4 is 23.4 Å². The number of nitrogens with zero attached hydrogens (tertiary/aromatic N) is 1. The number of carbonyl (C=O) groups is 1. The molecule has 5 nitrogen and oxygen atoms in total. The van der Waals surface area contributed by atoms with E-state index in [2.05, 4.69) is 22.3 Å². The van der Waals surface area contributed by atoms with Crippen LogP contribution in [0.2, 0.25) is 0 Å². The van der Waals surface area contributed by atoms with Crippen LogP contribution < -0.4 is 19.7 Å². The summed E-state index contributed by atoms with van der Waals surface area (Å²) in [5.74, 6) is 0.950. The van der Waals surface area contributed by atoms with Gasteiger partial charge in [-0.05, 0) is 68.1 Å². The van der Waals surface area contributed by atoms with Crippen LogP contribution in [0.5, 0.6) is 11.5 Å². The van der Waals surface area contributed by atoms with Gasteiger partial charge in [0.15, 0.2) is 18.1 Å². The highest BCUT2D eigenvalue weighted by molar-refractivity contribution is 5.92. The molecule has 5 heteroatoms. The average molecular weight is 380 g/mol.